The van der Waals surface area contributed by atoms with E-state index in [-0.39, 0.29) is 5.78 Å². The molecule has 18 heavy (non-hydrogen) atoms. The highest BCUT2D eigenvalue weighted by atomic mass is 79.9. The lowest BCUT2D eigenvalue weighted by atomic mass is 10.0. The number of halogens is 1. The summed E-state index contributed by atoms with van der Waals surface area (Å²) in [4.78, 5) is 13.3. The minimum atomic E-state index is 0.194. The van der Waals surface area contributed by atoms with Crippen LogP contribution < -0.4 is 5.32 Å². The van der Waals surface area contributed by atoms with Crippen LogP contribution in [-0.2, 0) is 12.8 Å². The van der Waals surface area contributed by atoms with Crippen LogP contribution in [0.15, 0.2) is 34.1 Å². The van der Waals surface area contributed by atoms with E-state index in [0.717, 1.165) is 27.2 Å². The zero-order chi connectivity index (χ0) is 12.5. The molecule has 0 saturated heterocycles. The molecule has 0 bridgehead atoms. The number of thiophene rings is 1. The quantitative estimate of drug-likeness (QED) is 0.868. The number of anilines is 1. The van der Waals surface area contributed by atoms with E-state index in [1.54, 1.807) is 11.3 Å². The van der Waals surface area contributed by atoms with Crippen molar-refractivity contribution in [2.45, 2.75) is 12.8 Å². The Morgan fingerprint density at radius 1 is 1.33 bits per heavy atom. The topological polar surface area (TPSA) is 29.1 Å². The Hall–Kier alpha value is -1.13. The number of nitrogens with one attached hydrogen (secondary N) is 1. The largest absolute Gasteiger partial charge is 0.384 e. The molecule has 0 amide bonds. The average Bonchev–Trinajstić information content (AvgIpc) is 2.96. The van der Waals surface area contributed by atoms with Gasteiger partial charge in [0.2, 0.25) is 0 Å². The minimum Gasteiger partial charge on any atom is -0.384 e. The fourth-order valence-corrected chi connectivity index (χ4v) is 3.67. The fraction of sp³-hybridized carbons (Fsp3) is 0.214. The Morgan fingerprint density at radius 3 is 3.00 bits per heavy atom. The van der Waals surface area contributed by atoms with Crippen LogP contribution in [0.2, 0.25) is 0 Å². The third kappa shape index (κ3) is 2.35. The predicted octanol–water partition coefficient (Wildman–Crippen LogP) is 3.90. The molecular weight excluding hydrogens is 310 g/mol. The standard InChI is InChI=1S/C14H12BrNOS/c15-14-4-2-11(18-14)8-13(17)10-1-3-12-9(7-10)5-6-16-12/h1-4,7,16H,5-6,8H2. The van der Waals surface area contributed by atoms with Crippen molar-refractivity contribution in [2.75, 3.05) is 11.9 Å². The Labute approximate surface area is 118 Å². The highest BCUT2D eigenvalue weighted by Gasteiger charge is 2.14. The van der Waals surface area contributed by atoms with Gasteiger partial charge in [0.1, 0.15) is 0 Å². The third-order valence-electron chi connectivity index (χ3n) is 3.10. The van der Waals surface area contributed by atoms with Crippen molar-refractivity contribution in [3.05, 3.63) is 50.1 Å². The molecule has 0 saturated carbocycles. The molecule has 0 radical (unpaired) electrons. The lowest BCUT2D eigenvalue weighted by Gasteiger charge is -2.03. The molecule has 0 unspecified atom stereocenters. The average molecular weight is 322 g/mol. The minimum absolute atomic E-state index is 0.194. The van der Waals surface area contributed by atoms with Crippen molar-refractivity contribution >= 4 is 38.7 Å². The molecule has 2 aromatic rings. The Balaban J connectivity index is 1.80. The highest BCUT2D eigenvalue weighted by molar-refractivity contribution is 9.11. The number of Topliss-reactive ketones (excluding diaryl/α,β-unsaturated/α-hetero) is 1. The number of ketones is 1. The SMILES string of the molecule is O=C(Cc1ccc(Br)s1)c1ccc2c(c1)CCN2. The second-order valence-electron chi connectivity index (χ2n) is 4.35. The number of hydrogen-bond donors (Lipinski definition) is 1. The maximum absolute atomic E-state index is 12.2. The molecule has 1 aromatic heterocycles. The lowest BCUT2D eigenvalue weighted by Crippen LogP contribution is -2.02. The number of carbonyl (C=O) groups is 1. The Kier molecular flexibility index (Phi) is 3.22. The van der Waals surface area contributed by atoms with Gasteiger partial charge in [-0.3, -0.25) is 4.79 Å². The molecule has 1 aliphatic heterocycles. The van der Waals surface area contributed by atoms with Gasteiger partial charge in [-0.25, -0.2) is 0 Å². The van der Waals surface area contributed by atoms with Crippen molar-refractivity contribution in [2.24, 2.45) is 0 Å². The van der Waals surface area contributed by atoms with Crippen molar-refractivity contribution in [3.8, 4) is 0 Å². The van der Waals surface area contributed by atoms with Gasteiger partial charge in [-0.2, -0.15) is 0 Å². The molecular formula is C14H12BrNOS. The molecule has 0 fully saturated rings. The molecule has 3 rings (SSSR count). The Bertz CT molecular complexity index is 606. The first kappa shape index (κ1) is 11.9. The smallest absolute Gasteiger partial charge is 0.168 e. The van der Waals surface area contributed by atoms with Crippen molar-refractivity contribution in [1.82, 2.24) is 0 Å². The molecule has 0 aliphatic carbocycles. The molecule has 1 aliphatic rings. The van der Waals surface area contributed by atoms with E-state index in [2.05, 4.69) is 21.2 Å². The van der Waals surface area contributed by atoms with Gasteiger partial charge in [-0.15, -0.1) is 11.3 Å². The van der Waals surface area contributed by atoms with Crippen molar-refractivity contribution in [3.63, 3.8) is 0 Å². The van der Waals surface area contributed by atoms with Crippen LogP contribution in [0.4, 0.5) is 5.69 Å². The third-order valence-corrected chi connectivity index (χ3v) is 4.72. The summed E-state index contributed by atoms with van der Waals surface area (Å²) in [6.45, 7) is 0.977. The van der Waals surface area contributed by atoms with Crippen LogP contribution in [0.1, 0.15) is 20.8 Å². The monoisotopic (exact) mass is 321 g/mol. The van der Waals surface area contributed by atoms with Gasteiger partial charge in [-0.1, -0.05) is 0 Å². The summed E-state index contributed by atoms with van der Waals surface area (Å²) < 4.78 is 1.07. The van der Waals surface area contributed by atoms with Crippen LogP contribution >= 0.6 is 27.3 Å². The van der Waals surface area contributed by atoms with Gasteiger partial charge in [0.05, 0.1) is 3.79 Å². The zero-order valence-electron chi connectivity index (χ0n) is 9.70. The first-order valence-electron chi connectivity index (χ1n) is 5.86. The van der Waals surface area contributed by atoms with Gasteiger partial charge >= 0.3 is 0 Å². The maximum atomic E-state index is 12.2. The molecule has 1 aromatic carbocycles. The fourth-order valence-electron chi connectivity index (χ4n) is 2.19. The van der Waals surface area contributed by atoms with E-state index in [0.29, 0.717) is 6.42 Å². The van der Waals surface area contributed by atoms with E-state index in [9.17, 15) is 4.79 Å². The number of benzene rings is 1. The van der Waals surface area contributed by atoms with E-state index < -0.39 is 0 Å². The van der Waals surface area contributed by atoms with Crippen molar-refractivity contribution < 1.29 is 4.79 Å². The van der Waals surface area contributed by atoms with E-state index in [1.807, 2.05) is 30.3 Å². The summed E-state index contributed by atoms with van der Waals surface area (Å²) in [6.07, 6.45) is 1.50. The molecule has 1 N–H and O–H groups in total. The Morgan fingerprint density at radius 2 is 2.22 bits per heavy atom. The summed E-state index contributed by atoms with van der Waals surface area (Å²) in [7, 11) is 0. The van der Waals surface area contributed by atoms with Gasteiger partial charge in [0.25, 0.3) is 0 Å². The van der Waals surface area contributed by atoms with E-state index in [1.165, 1.54) is 11.3 Å². The normalized spacial score (nSPS) is 13.2. The molecule has 0 spiro atoms. The van der Waals surface area contributed by atoms with Gasteiger partial charge in [-0.05, 0) is 58.2 Å². The predicted molar refractivity (Wildman–Crippen MR) is 78.7 cm³/mol. The molecule has 2 nitrogen and oxygen atoms in total. The van der Waals surface area contributed by atoms with Crippen LogP contribution in [0.5, 0.6) is 0 Å². The zero-order valence-corrected chi connectivity index (χ0v) is 12.1. The van der Waals surface area contributed by atoms with E-state index in [4.69, 9.17) is 0 Å². The first-order chi connectivity index (χ1) is 8.72. The summed E-state index contributed by atoms with van der Waals surface area (Å²) in [5, 5.41) is 3.30. The van der Waals surface area contributed by atoms with Crippen LogP contribution in [0.3, 0.4) is 0 Å². The molecule has 0 atom stereocenters. The molecule has 92 valence electrons. The highest BCUT2D eigenvalue weighted by Crippen LogP contribution is 2.26. The van der Waals surface area contributed by atoms with Crippen LogP contribution in [-0.4, -0.2) is 12.3 Å². The summed E-state index contributed by atoms with van der Waals surface area (Å²) in [5.41, 5.74) is 3.25. The van der Waals surface area contributed by atoms with Gasteiger partial charge in [0.15, 0.2) is 5.78 Å². The summed E-state index contributed by atoms with van der Waals surface area (Å²) >= 11 is 5.04. The van der Waals surface area contributed by atoms with E-state index >= 15 is 0 Å². The van der Waals surface area contributed by atoms with Gasteiger partial charge < -0.3 is 5.32 Å². The van der Waals surface area contributed by atoms with Gasteiger partial charge in [0, 0.05) is 29.1 Å². The van der Waals surface area contributed by atoms with Crippen LogP contribution in [0, 0.1) is 0 Å². The second-order valence-corrected chi connectivity index (χ2v) is 6.90. The number of fused-ring (bicyclic) bond motifs is 1. The maximum Gasteiger partial charge on any atom is 0.168 e. The van der Waals surface area contributed by atoms with Crippen molar-refractivity contribution in [1.29, 1.82) is 0 Å². The second kappa shape index (κ2) is 4.86. The lowest BCUT2D eigenvalue weighted by molar-refractivity contribution is 0.0994. The molecule has 4 heteroatoms. The number of carbonyl (C=O) groups excluding carboxylic acids is 1. The first-order valence-corrected chi connectivity index (χ1v) is 7.47. The molecule has 2 heterocycles. The number of hydrogen-bond acceptors (Lipinski definition) is 3. The summed E-state index contributed by atoms with van der Waals surface area (Å²) in [6, 6.07) is 9.95. The number of rotatable bonds is 3. The van der Waals surface area contributed by atoms with Crippen LogP contribution in [0.25, 0.3) is 0 Å². The summed E-state index contributed by atoms with van der Waals surface area (Å²) in [5.74, 6) is 0.194.